The summed E-state index contributed by atoms with van der Waals surface area (Å²) < 4.78 is 5.06. The van der Waals surface area contributed by atoms with Crippen LogP contribution in [0.4, 0.5) is 0 Å². The number of likely N-dealkylation sites (tertiary alicyclic amines) is 1. The Morgan fingerprint density at radius 2 is 1.88 bits per heavy atom. The van der Waals surface area contributed by atoms with Gasteiger partial charge in [-0.2, -0.15) is 0 Å². The highest BCUT2D eigenvalue weighted by molar-refractivity contribution is 5.94. The van der Waals surface area contributed by atoms with Crippen molar-refractivity contribution < 1.29 is 9.53 Å². The number of amides is 1. The summed E-state index contributed by atoms with van der Waals surface area (Å²) in [6.07, 6.45) is 4.40. The highest BCUT2D eigenvalue weighted by Gasteiger charge is 2.17. The van der Waals surface area contributed by atoms with Crippen LogP contribution in [0.25, 0.3) is 0 Å². The SMILES string of the molecule is CCNC(=NCc1ccc(C(=O)N2CCCCC2)cc1)NCCCOC. The summed E-state index contributed by atoms with van der Waals surface area (Å²) in [5.41, 5.74) is 1.86. The molecule has 1 heterocycles. The molecule has 0 spiro atoms. The van der Waals surface area contributed by atoms with E-state index in [-0.39, 0.29) is 5.91 Å². The van der Waals surface area contributed by atoms with Crippen molar-refractivity contribution in [2.45, 2.75) is 39.2 Å². The molecule has 0 bridgehead atoms. The molecule has 0 saturated carbocycles. The first-order valence-electron chi connectivity index (χ1n) is 9.64. The van der Waals surface area contributed by atoms with E-state index < -0.39 is 0 Å². The normalized spacial score (nSPS) is 15.0. The number of guanidine groups is 1. The minimum atomic E-state index is 0.146. The lowest BCUT2D eigenvalue weighted by Gasteiger charge is -2.26. The quantitative estimate of drug-likeness (QED) is 0.424. The average molecular weight is 361 g/mol. The van der Waals surface area contributed by atoms with Crippen molar-refractivity contribution in [2.24, 2.45) is 4.99 Å². The first kappa shape index (κ1) is 20.2. The lowest BCUT2D eigenvalue weighted by atomic mass is 10.1. The molecule has 1 aromatic carbocycles. The average Bonchev–Trinajstić information content (AvgIpc) is 2.70. The maximum atomic E-state index is 12.5. The number of ether oxygens (including phenoxy) is 1. The molecular weight excluding hydrogens is 328 g/mol. The second-order valence-electron chi connectivity index (χ2n) is 6.52. The van der Waals surface area contributed by atoms with Gasteiger partial charge >= 0.3 is 0 Å². The Morgan fingerprint density at radius 3 is 2.54 bits per heavy atom. The summed E-state index contributed by atoms with van der Waals surface area (Å²) in [6.45, 7) is 6.77. The zero-order chi connectivity index (χ0) is 18.6. The number of benzene rings is 1. The van der Waals surface area contributed by atoms with E-state index in [1.807, 2.05) is 36.1 Å². The highest BCUT2D eigenvalue weighted by Crippen LogP contribution is 2.14. The number of nitrogens with one attached hydrogen (secondary N) is 2. The van der Waals surface area contributed by atoms with Gasteiger partial charge < -0.3 is 20.3 Å². The summed E-state index contributed by atoms with van der Waals surface area (Å²) >= 11 is 0. The number of piperidine rings is 1. The highest BCUT2D eigenvalue weighted by atomic mass is 16.5. The molecular formula is C20H32N4O2. The number of methoxy groups -OCH3 is 1. The number of hydrogen-bond acceptors (Lipinski definition) is 3. The van der Waals surface area contributed by atoms with Crippen molar-refractivity contribution in [2.75, 3.05) is 39.9 Å². The Bertz CT molecular complexity index is 566. The Kier molecular flexibility index (Phi) is 8.96. The number of carbonyl (C=O) groups excluding carboxylic acids is 1. The van der Waals surface area contributed by atoms with Crippen molar-refractivity contribution in [3.8, 4) is 0 Å². The van der Waals surface area contributed by atoms with Gasteiger partial charge in [0.05, 0.1) is 6.54 Å². The lowest BCUT2D eigenvalue weighted by Crippen LogP contribution is -2.38. The third-order valence-electron chi connectivity index (χ3n) is 4.43. The molecule has 0 radical (unpaired) electrons. The Balaban J connectivity index is 1.88. The van der Waals surface area contributed by atoms with Gasteiger partial charge in [-0.1, -0.05) is 12.1 Å². The van der Waals surface area contributed by atoms with Crippen LogP contribution < -0.4 is 10.6 Å². The van der Waals surface area contributed by atoms with Crippen molar-refractivity contribution >= 4 is 11.9 Å². The molecule has 26 heavy (non-hydrogen) atoms. The first-order valence-corrected chi connectivity index (χ1v) is 9.64. The number of nitrogens with zero attached hydrogens (tertiary/aromatic N) is 2. The van der Waals surface area contributed by atoms with Crippen molar-refractivity contribution in [3.63, 3.8) is 0 Å². The second kappa shape index (κ2) is 11.5. The number of carbonyl (C=O) groups is 1. The summed E-state index contributed by atoms with van der Waals surface area (Å²) in [7, 11) is 1.71. The zero-order valence-corrected chi connectivity index (χ0v) is 16.1. The summed E-state index contributed by atoms with van der Waals surface area (Å²) in [6, 6.07) is 7.83. The Hall–Kier alpha value is -2.08. The zero-order valence-electron chi connectivity index (χ0n) is 16.1. The minimum Gasteiger partial charge on any atom is -0.385 e. The van der Waals surface area contributed by atoms with E-state index >= 15 is 0 Å². The van der Waals surface area contributed by atoms with Gasteiger partial charge in [0.1, 0.15) is 0 Å². The number of hydrogen-bond donors (Lipinski definition) is 2. The van der Waals surface area contributed by atoms with E-state index in [1.165, 1.54) is 6.42 Å². The fraction of sp³-hybridized carbons (Fsp3) is 0.600. The third kappa shape index (κ3) is 6.67. The van der Waals surface area contributed by atoms with Gasteiger partial charge in [0.15, 0.2) is 5.96 Å². The predicted octanol–water partition coefficient (Wildman–Crippen LogP) is 2.40. The van der Waals surface area contributed by atoms with Gasteiger partial charge in [-0.15, -0.1) is 0 Å². The molecule has 1 aliphatic heterocycles. The van der Waals surface area contributed by atoms with Gasteiger partial charge in [0, 0.05) is 45.5 Å². The minimum absolute atomic E-state index is 0.146. The Labute approximate surface area is 157 Å². The van der Waals surface area contributed by atoms with Crippen LogP contribution in [0.1, 0.15) is 48.5 Å². The van der Waals surface area contributed by atoms with Crippen molar-refractivity contribution in [1.29, 1.82) is 0 Å². The molecule has 0 aliphatic carbocycles. The van der Waals surface area contributed by atoms with Crippen molar-refractivity contribution in [3.05, 3.63) is 35.4 Å². The molecule has 6 heteroatoms. The van der Waals surface area contributed by atoms with Gasteiger partial charge in [0.2, 0.25) is 0 Å². The van der Waals surface area contributed by atoms with Crippen LogP contribution in [0, 0.1) is 0 Å². The Morgan fingerprint density at radius 1 is 1.15 bits per heavy atom. The van der Waals surface area contributed by atoms with Crippen LogP contribution in [0.5, 0.6) is 0 Å². The largest absolute Gasteiger partial charge is 0.385 e. The summed E-state index contributed by atoms with van der Waals surface area (Å²) in [5, 5.41) is 6.54. The van der Waals surface area contributed by atoms with E-state index in [4.69, 9.17) is 4.74 Å². The van der Waals surface area contributed by atoms with Crippen LogP contribution in [0.15, 0.2) is 29.3 Å². The molecule has 2 rings (SSSR count). The predicted molar refractivity (Wildman–Crippen MR) is 106 cm³/mol. The van der Waals surface area contributed by atoms with E-state index in [1.54, 1.807) is 7.11 Å². The fourth-order valence-corrected chi connectivity index (χ4v) is 2.97. The molecule has 0 atom stereocenters. The third-order valence-corrected chi connectivity index (χ3v) is 4.43. The smallest absolute Gasteiger partial charge is 0.253 e. The molecule has 2 N–H and O–H groups in total. The molecule has 0 aromatic heterocycles. The van der Waals surface area contributed by atoms with Gasteiger partial charge in [-0.3, -0.25) is 4.79 Å². The van der Waals surface area contributed by atoms with Gasteiger partial charge in [0.25, 0.3) is 5.91 Å². The monoisotopic (exact) mass is 360 g/mol. The van der Waals surface area contributed by atoms with Crippen LogP contribution >= 0.6 is 0 Å². The maximum Gasteiger partial charge on any atom is 0.253 e. The van der Waals surface area contributed by atoms with E-state index in [2.05, 4.69) is 15.6 Å². The van der Waals surface area contributed by atoms with E-state index in [9.17, 15) is 4.79 Å². The molecule has 0 unspecified atom stereocenters. The lowest BCUT2D eigenvalue weighted by molar-refractivity contribution is 0.0724. The fourth-order valence-electron chi connectivity index (χ4n) is 2.97. The van der Waals surface area contributed by atoms with Gasteiger partial charge in [-0.05, 0) is 50.3 Å². The van der Waals surface area contributed by atoms with Crippen LogP contribution in [0.3, 0.4) is 0 Å². The topological polar surface area (TPSA) is 66.0 Å². The second-order valence-corrected chi connectivity index (χ2v) is 6.52. The first-order chi connectivity index (χ1) is 12.7. The molecule has 1 amide bonds. The molecule has 6 nitrogen and oxygen atoms in total. The van der Waals surface area contributed by atoms with E-state index in [0.29, 0.717) is 6.54 Å². The number of rotatable bonds is 8. The van der Waals surface area contributed by atoms with Crippen molar-refractivity contribution in [1.82, 2.24) is 15.5 Å². The van der Waals surface area contributed by atoms with Crippen LogP contribution in [0.2, 0.25) is 0 Å². The molecule has 1 fully saturated rings. The van der Waals surface area contributed by atoms with Crippen LogP contribution in [-0.2, 0) is 11.3 Å². The number of aliphatic imine (C=N–C) groups is 1. The summed E-state index contributed by atoms with van der Waals surface area (Å²) in [5.74, 6) is 0.949. The maximum absolute atomic E-state index is 12.5. The van der Waals surface area contributed by atoms with Crippen LogP contribution in [-0.4, -0.2) is 56.7 Å². The molecule has 1 aliphatic rings. The van der Waals surface area contributed by atoms with Gasteiger partial charge in [-0.25, -0.2) is 4.99 Å². The molecule has 144 valence electrons. The summed E-state index contributed by atoms with van der Waals surface area (Å²) in [4.78, 5) is 19.1. The molecule has 1 saturated heterocycles. The van der Waals surface area contributed by atoms with E-state index in [0.717, 1.165) is 69.1 Å². The molecule has 1 aromatic rings. The standard InChI is InChI=1S/C20H32N4O2/c1-3-21-20(22-12-7-15-26-2)23-16-17-8-10-18(11-9-17)19(25)24-13-5-4-6-14-24/h8-11H,3-7,12-16H2,1-2H3,(H2,21,22,23).